The molecule has 3 heteroatoms. The third-order valence-electron chi connectivity index (χ3n) is 2.22. The molecule has 0 fully saturated rings. The SMILES string of the molecule is CCCN(CCC)C(=O)/C(C)=C/CNC. The van der Waals surface area contributed by atoms with Crippen LogP contribution in [-0.4, -0.2) is 37.5 Å². The summed E-state index contributed by atoms with van der Waals surface area (Å²) in [5.41, 5.74) is 0.839. The molecule has 3 nitrogen and oxygen atoms in total. The first kappa shape index (κ1) is 14.2. The van der Waals surface area contributed by atoms with E-state index in [1.807, 2.05) is 24.9 Å². The molecule has 1 amide bonds. The van der Waals surface area contributed by atoms with Gasteiger partial charge in [-0.05, 0) is 26.8 Å². The van der Waals surface area contributed by atoms with Gasteiger partial charge in [0.1, 0.15) is 0 Å². The minimum atomic E-state index is 0.175. The number of carbonyl (C=O) groups is 1. The molecule has 1 N–H and O–H groups in total. The lowest BCUT2D eigenvalue weighted by Gasteiger charge is -2.21. The summed E-state index contributed by atoms with van der Waals surface area (Å²) in [7, 11) is 1.88. The predicted molar refractivity (Wildman–Crippen MR) is 64.8 cm³/mol. The molecule has 0 aromatic carbocycles. The molecule has 0 saturated carbocycles. The van der Waals surface area contributed by atoms with E-state index < -0.39 is 0 Å². The van der Waals surface area contributed by atoms with Crippen molar-refractivity contribution in [2.24, 2.45) is 0 Å². The fourth-order valence-electron chi connectivity index (χ4n) is 1.45. The molecule has 0 atom stereocenters. The second kappa shape index (κ2) is 8.48. The zero-order chi connectivity index (χ0) is 11.7. The molecule has 0 rings (SSSR count). The van der Waals surface area contributed by atoms with Crippen molar-refractivity contribution in [1.82, 2.24) is 10.2 Å². The van der Waals surface area contributed by atoms with Crippen LogP contribution in [0.5, 0.6) is 0 Å². The molecule has 0 spiro atoms. The summed E-state index contributed by atoms with van der Waals surface area (Å²) < 4.78 is 0. The maximum atomic E-state index is 12.0. The van der Waals surface area contributed by atoms with Gasteiger partial charge in [-0.15, -0.1) is 0 Å². The van der Waals surface area contributed by atoms with E-state index in [4.69, 9.17) is 0 Å². The largest absolute Gasteiger partial charge is 0.339 e. The van der Waals surface area contributed by atoms with Crippen molar-refractivity contribution in [3.8, 4) is 0 Å². The van der Waals surface area contributed by atoms with Gasteiger partial charge in [-0.25, -0.2) is 0 Å². The van der Waals surface area contributed by atoms with Crippen molar-refractivity contribution in [2.75, 3.05) is 26.7 Å². The molecule has 0 radical (unpaired) electrons. The number of nitrogens with zero attached hydrogens (tertiary/aromatic N) is 1. The van der Waals surface area contributed by atoms with Crippen molar-refractivity contribution >= 4 is 5.91 Å². The van der Waals surface area contributed by atoms with Crippen LogP contribution in [-0.2, 0) is 4.79 Å². The first-order chi connectivity index (χ1) is 7.17. The van der Waals surface area contributed by atoms with Crippen molar-refractivity contribution in [3.63, 3.8) is 0 Å². The molecular weight excluding hydrogens is 188 g/mol. The van der Waals surface area contributed by atoms with Gasteiger partial charge in [-0.1, -0.05) is 19.9 Å². The van der Waals surface area contributed by atoms with Crippen LogP contribution in [0.3, 0.4) is 0 Å². The smallest absolute Gasteiger partial charge is 0.249 e. The standard InChI is InChI=1S/C12H24N2O/c1-5-9-14(10-6-2)12(15)11(3)7-8-13-4/h7,13H,5-6,8-10H2,1-4H3/b11-7+. The molecule has 0 aliphatic carbocycles. The van der Waals surface area contributed by atoms with Crippen LogP contribution < -0.4 is 5.32 Å². The highest BCUT2D eigenvalue weighted by Gasteiger charge is 2.12. The maximum absolute atomic E-state index is 12.0. The van der Waals surface area contributed by atoms with E-state index in [9.17, 15) is 4.79 Å². The highest BCUT2D eigenvalue weighted by Crippen LogP contribution is 2.03. The fourth-order valence-corrected chi connectivity index (χ4v) is 1.45. The Hall–Kier alpha value is -0.830. The Bertz CT molecular complexity index is 206. The van der Waals surface area contributed by atoms with E-state index in [0.717, 1.165) is 38.0 Å². The van der Waals surface area contributed by atoms with Gasteiger partial charge >= 0.3 is 0 Å². The van der Waals surface area contributed by atoms with Crippen LogP contribution in [0, 0.1) is 0 Å². The fraction of sp³-hybridized carbons (Fsp3) is 0.750. The third-order valence-corrected chi connectivity index (χ3v) is 2.22. The van der Waals surface area contributed by atoms with Crippen molar-refractivity contribution in [3.05, 3.63) is 11.6 Å². The molecule has 0 aliphatic heterocycles. The highest BCUT2D eigenvalue weighted by atomic mass is 16.2. The van der Waals surface area contributed by atoms with Gasteiger partial charge in [-0.3, -0.25) is 4.79 Å². The summed E-state index contributed by atoms with van der Waals surface area (Å²) in [6.07, 6.45) is 3.98. The van der Waals surface area contributed by atoms with Crippen LogP contribution in [0.2, 0.25) is 0 Å². The van der Waals surface area contributed by atoms with E-state index in [-0.39, 0.29) is 5.91 Å². The minimum absolute atomic E-state index is 0.175. The Morgan fingerprint density at radius 1 is 1.27 bits per heavy atom. The highest BCUT2D eigenvalue weighted by molar-refractivity contribution is 5.92. The number of hydrogen-bond acceptors (Lipinski definition) is 2. The van der Waals surface area contributed by atoms with Gasteiger partial charge in [0.2, 0.25) is 5.91 Å². The quantitative estimate of drug-likeness (QED) is 0.653. The Morgan fingerprint density at radius 3 is 2.20 bits per heavy atom. The average molecular weight is 212 g/mol. The number of likely N-dealkylation sites (N-methyl/N-ethyl adjacent to an activating group) is 1. The van der Waals surface area contributed by atoms with Crippen LogP contribution >= 0.6 is 0 Å². The van der Waals surface area contributed by atoms with Gasteiger partial charge < -0.3 is 10.2 Å². The molecule has 0 saturated heterocycles. The topological polar surface area (TPSA) is 32.3 Å². The number of nitrogens with one attached hydrogen (secondary N) is 1. The number of rotatable bonds is 7. The second-order valence-electron chi connectivity index (χ2n) is 3.74. The summed E-state index contributed by atoms with van der Waals surface area (Å²) in [4.78, 5) is 13.9. The Kier molecular flexibility index (Phi) is 8.01. The Labute approximate surface area is 93.5 Å². The summed E-state index contributed by atoms with van der Waals surface area (Å²) in [6, 6.07) is 0. The molecule has 0 aromatic rings. The van der Waals surface area contributed by atoms with E-state index in [0.29, 0.717) is 0 Å². The Morgan fingerprint density at radius 2 is 1.80 bits per heavy atom. The molecule has 0 heterocycles. The van der Waals surface area contributed by atoms with Crippen LogP contribution in [0.1, 0.15) is 33.6 Å². The second-order valence-corrected chi connectivity index (χ2v) is 3.74. The van der Waals surface area contributed by atoms with Crippen LogP contribution in [0.15, 0.2) is 11.6 Å². The van der Waals surface area contributed by atoms with Crippen molar-refractivity contribution < 1.29 is 4.79 Å². The average Bonchev–Trinajstić information content (AvgIpc) is 2.24. The van der Waals surface area contributed by atoms with Crippen molar-refractivity contribution in [1.29, 1.82) is 0 Å². The predicted octanol–water partition coefficient (Wildman–Crippen LogP) is 1.80. The minimum Gasteiger partial charge on any atom is -0.339 e. The van der Waals surface area contributed by atoms with Crippen LogP contribution in [0.25, 0.3) is 0 Å². The van der Waals surface area contributed by atoms with Crippen LogP contribution in [0.4, 0.5) is 0 Å². The molecule has 15 heavy (non-hydrogen) atoms. The van der Waals surface area contributed by atoms with Gasteiger partial charge in [0.15, 0.2) is 0 Å². The van der Waals surface area contributed by atoms with Gasteiger partial charge in [-0.2, -0.15) is 0 Å². The van der Waals surface area contributed by atoms with Gasteiger partial charge in [0, 0.05) is 25.2 Å². The summed E-state index contributed by atoms with van der Waals surface area (Å²) in [5.74, 6) is 0.175. The lowest BCUT2D eigenvalue weighted by atomic mass is 10.2. The monoisotopic (exact) mass is 212 g/mol. The zero-order valence-corrected chi connectivity index (χ0v) is 10.5. The van der Waals surface area contributed by atoms with E-state index in [1.165, 1.54) is 0 Å². The molecular formula is C12H24N2O. The Balaban J connectivity index is 4.33. The van der Waals surface area contributed by atoms with E-state index in [1.54, 1.807) is 0 Å². The maximum Gasteiger partial charge on any atom is 0.249 e. The first-order valence-electron chi connectivity index (χ1n) is 5.77. The lowest BCUT2D eigenvalue weighted by molar-refractivity contribution is -0.127. The van der Waals surface area contributed by atoms with Gasteiger partial charge in [0.05, 0.1) is 0 Å². The number of amides is 1. The van der Waals surface area contributed by atoms with E-state index >= 15 is 0 Å². The molecule has 0 unspecified atom stereocenters. The van der Waals surface area contributed by atoms with Gasteiger partial charge in [0.25, 0.3) is 0 Å². The summed E-state index contributed by atoms with van der Waals surface area (Å²) >= 11 is 0. The van der Waals surface area contributed by atoms with E-state index in [2.05, 4.69) is 19.2 Å². The molecule has 0 aromatic heterocycles. The number of carbonyl (C=O) groups excluding carboxylic acids is 1. The molecule has 0 aliphatic rings. The first-order valence-corrected chi connectivity index (χ1v) is 5.77. The van der Waals surface area contributed by atoms with Crippen molar-refractivity contribution in [2.45, 2.75) is 33.6 Å². The normalized spacial score (nSPS) is 11.6. The summed E-state index contributed by atoms with van der Waals surface area (Å²) in [6.45, 7) is 8.56. The zero-order valence-electron chi connectivity index (χ0n) is 10.5. The molecule has 0 bridgehead atoms. The lowest BCUT2D eigenvalue weighted by Crippen LogP contribution is -2.33. The summed E-state index contributed by atoms with van der Waals surface area (Å²) in [5, 5.41) is 3.01. The third kappa shape index (κ3) is 5.57. The molecule has 88 valence electrons. The number of hydrogen-bond donors (Lipinski definition) is 1.